The van der Waals surface area contributed by atoms with E-state index in [-0.39, 0.29) is 5.02 Å². The molecule has 1 aromatic heterocycles. The molecule has 4 heteroatoms. The van der Waals surface area contributed by atoms with E-state index in [0.717, 1.165) is 11.4 Å². The van der Waals surface area contributed by atoms with Gasteiger partial charge in [-0.15, -0.1) is 0 Å². The summed E-state index contributed by atoms with van der Waals surface area (Å²) in [6, 6.07) is 6.61. The second-order valence-electron chi connectivity index (χ2n) is 3.41. The number of aryl methyl sites for hydroxylation is 2. The molecule has 0 N–H and O–H groups in total. The zero-order chi connectivity index (χ0) is 11.0. The molecule has 0 fully saturated rings. The first kappa shape index (κ1) is 10.2. The maximum absolute atomic E-state index is 13.2. The number of aromatic nitrogens is 2. The van der Waals surface area contributed by atoms with E-state index in [1.54, 1.807) is 16.8 Å². The quantitative estimate of drug-likeness (QED) is 0.727. The molecule has 15 heavy (non-hydrogen) atoms. The zero-order valence-electron chi connectivity index (χ0n) is 8.46. The predicted octanol–water partition coefficient (Wildman–Crippen LogP) is 3.28. The van der Waals surface area contributed by atoms with Crippen LogP contribution in [0.2, 0.25) is 5.02 Å². The van der Waals surface area contributed by atoms with Gasteiger partial charge in [-0.2, -0.15) is 5.10 Å². The van der Waals surface area contributed by atoms with Gasteiger partial charge in [0, 0.05) is 5.69 Å². The fourth-order valence-electron chi connectivity index (χ4n) is 1.53. The van der Waals surface area contributed by atoms with Crippen molar-refractivity contribution in [1.29, 1.82) is 0 Å². The third kappa shape index (κ3) is 1.75. The van der Waals surface area contributed by atoms with Crippen LogP contribution in [-0.4, -0.2) is 9.78 Å². The second kappa shape index (κ2) is 3.66. The maximum atomic E-state index is 13.2. The largest absolute Gasteiger partial charge is 0.236 e. The van der Waals surface area contributed by atoms with Gasteiger partial charge in [-0.1, -0.05) is 17.7 Å². The summed E-state index contributed by atoms with van der Waals surface area (Å²) in [5.41, 5.74) is 2.38. The molecule has 0 amide bonds. The van der Waals surface area contributed by atoms with Crippen LogP contribution in [0.3, 0.4) is 0 Å². The van der Waals surface area contributed by atoms with Crippen LogP contribution in [0, 0.1) is 19.7 Å². The number of halogens is 2. The van der Waals surface area contributed by atoms with Gasteiger partial charge in [-0.05, 0) is 32.0 Å². The van der Waals surface area contributed by atoms with E-state index < -0.39 is 5.82 Å². The van der Waals surface area contributed by atoms with Gasteiger partial charge in [-0.3, -0.25) is 0 Å². The Morgan fingerprint density at radius 2 is 2.07 bits per heavy atom. The van der Waals surface area contributed by atoms with E-state index in [2.05, 4.69) is 5.10 Å². The number of rotatable bonds is 1. The first-order valence-electron chi connectivity index (χ1n) is 4.57. The van der Waals surface area contributed by atoms with Crippen molar-refractivity contribution in [3.8, 4) is 5.69 Å². The fourth-order valence-corrected chi connectivity index (χ4v) is 1.73. The highest BCUT2D eigenvalue weighted by Gasteiger charge is 2.10. The van der Waals surface area contributed by atoms with Crippen LogP contribution in [0.15, 0.2) is 24.3 Å². The summed E-state index contributed by atoms with van der Waals surface area (Å²) < 4.78 is 14.9. The van der Waals surface area contributed by atoms with Gasteiger partial charge >= 0.3 is 0 Å². The third-order valence-corrected chi connectivity index (χ3v) is 2.54. The standard InChI is InChI=1S/C11H10ClFN2/c1-7-6-8(2)15(14-7)10-5-3-4-9(13)11(10)12/h3-6H,1-2H3. The summed E-state index contributed by atoms with van der Waals surface area (Å²) in [5.74, 6) is -0.429. The molecule has 0 atom stereocenters. The summed E-state index contributed by atoms with van der Waals surface area (Å²) in [7, 11) is 0. The smallest absolute Gasteiger partial charge is 0.143 e. The summed E-state index contributed by atoms with van der Waals surface area (Å²) in [6.07, 6.45) is 0. The van der Waals surface area contributed by atoms with E-state index in [1.165, 1.54) is 6.07 Å². The SMILES string of the molecule is Cc1cc(C)n(-c2cccc(F)c2Cl)n1. The van der Waals surface area contributed by atoms with Crippen molar-refractivity contribution in [2.75, 3.05) is 0 Å². The molecule has 2 rings (SSSR count). The fraction of sp³-hybridized carbons (Fsp3) is 0.182. The van der Waals surface area contributed by atoms with Crippen LogP contribution in [0.25, 0.3) is 5.69 Å². The number of hydrogen-bond donors (Lipinski definition) is 0. The summed E-state index contributed by atoms with van der Waals surface area (Å²) in [4.78, 5) is 0. The highest BCUT2D eigenvalue weighted by atomic mass is 35.5. The molecule has 1 aromatic carbocycles. The van der Waals surface area contributed by atoms with Gasteiger partial charge in [0.05, 0.1) is 11.4 Å². The molecule has 2 nitrogen and oxygen atoms in total. The van der Waals surface area contributed by atoms with Crippen molar-refractivity contribution in [1.82, 2.24) is 9.78 Å². The van der Waals surface area contributed by atoms with Crippen molar-refractivity contribution in [2.24, 2.45) is 0 Å². The summed E-state index contributed by atoms with van der Waals surface area (Å²) >= 11 is 5.87. The van der Waals surface area contributed by atoms with Gasteiger partial charge in [0.1, 0.15) is 10.8 Å². The van der Waals surface area contributed by atoms with Gasteiger partial charge in [0.25, 0.3) is 0 Å². The predicted molar refractivity (Wildman–Crippen MR) is 58.0 cm³/mol. The first-order chi connectivity index (χ1) is 7.09. The normalized spacial score (nSPS) is 10.7. The molecule has 0 saturated heterocycles. The number of benzene rings is 1. The lowest BCUT2D eigenvalue weighted by Crippen LogP contribution is -2.00. The Hall–Kier alpha value is -1.35. The average molecular weight is 225 g/mol. The molecule has 0 bridgehead atoms. The summed E-state index contributed by atoms with van der Waals surface area (Å²) in [6.45, 7) is 3.79. The van der Waals surface area contributed by atoms with E-state index in [0.29, 0.717) is 5.69 Å². The minimum Gasteiger partial charge on any atom is -0.236 e. The monoisotopic (exact) mass is 224 g/mol. The van der Waals surface area contributed by atoms with Crippen LogP contribution >= 0.6 is 11.6 Å². The molecular weight excluding hydrogens is 215 g/mol. The average Bonchev–Trinajstić information content (AvgIpc) is 2.50. The van der Waals surface area contributed by atoms with Crippen LogP contribution in [-0.2, 0) is 0 Å². The minimum absolute atomic E-state index is 0.101. The number of hydrogen-bond acceptors (Lipinski definition) is 1. The van der Waals surface area contributed by atoms with E-state index in [9.17, 15) is 4.39 Å². The third-order valence-electron chi connectivity index (χ3n) is 2.17. The van der Waals surface area contributed by atoms with Gasteiger partial charge in [0.2, 0.25) is 0 Å². The van der Waals surface area contributed by atoms with Crippen molar-refractivity contribution in [2.45, 2.75) is 13.8 Å². The molecule has 0 spiro atoms. The Balaban J connectivity index is 2.64. The van der Waals surface area contributed by atoms with Crippen LogP contribution in [0.1, 0.15) is 11.4 Å². The Bertz CT molecular complexity index is 505. The number of nitrogens with zero attached hydrogens (tertiary/aromatic N) is 2. The Morgan fingerprint density at radius 3 is 2.67 bits per heavy atom. The molecule has 0 unspecified atom stereocenters. The van der Waals surface area contributed by atoms with E-state index in [1.807, 2.05) is 19.9 Å². The topological polar surface area (TPSA) is 17.8 Å². The van der Waals surface area contributed by atoms with Crippen molar-refractivity contribution < 1.29 is 4.39 Å². The van der Waals surface area contributed by atoms with Crippen molar-refractivity contribution in [3.05, 3.63) is 46.5 Å². The Labute approximate surface area is 92.3 Å². The first-order valence-corrected chi connectivity index (χ1v) is 4.95. The molecule has 0 saturated carbocycles. The molecule has 2 aromatic rings. The lowest BCUT2D eigenvalue weighted by Gasteiger charge is -2.06. The molecule has 78 valence electrons. The van der Waals surface area contributed by atoms with Crippen LogP contribution in [0.5, 0.6) is 0 Å². The van der Waals surface area contributed by atoms with E-state index >= 15 is 0 Å². The Kier molecular flexibility index (Phi) is 2.49. The highest BCUT2D eigenvalue weighted by molar-refractivity contribution is 6.32. The molecule has 0 aliphatic heterocycles. The van der Waals surface area contributed by atoms with Crippen LogP contribution in [0.4, 0.5) is 4.39 Å². The second-order valence-corrected chi connectivity index (χ2v) is 3.79. The highest BCUT2D eigenvalue weighted by Crippen LogP contribution is 2.24. The van der Waals surface area contributed by atoms with Gasteiger partial charge in [-0.25, -0.2) is 9.07 Å². The lowest BCUT2D eigenvalue weighted by molar-refractivity contribution is 0.625. The molecule has 0 aliphatic rings. The molecular formula is C11H10ClFN2. The maximum Gasteiger partial charge on any atom is 0.143 e. The lowest BCUT2D eigenvalue weighted by atomic mass is 10.3. The van der Waals surface area contributed by atoms with E-state index in [4.69, 9.17) is 11.6 Å². The molecule has 0 aliphatic carbocycles. The van der Waals surface area contributed by atoms with Crippen LogP contribution < -0.4 is 0 Å². The van der Waals surface area contributed by atoms with Crippen molar-refractivity contribution in [3.63, 3.8) is 0 Å². The molecule has 1 heterocycles. The van der Waals surface area contributed by atoms with Gasteiger partial charge in [0.15, 0.2) is 0 Å². The Morgan fingerprint density at radius 1 is 1.33 bits per heavy atom. The minimum atomic E-state index is -0.429. The zero-order valence-corrected chi connectivity index (χ0v) is 9.22. The van der Waals surface area contributed by atoms with Crippen molar-refractivity contribution >= 4 is 11.6 Å². The molecule has 0 radical (unpaired) electrons. The van der Waals surface area contributed by atoms with Gasteiger partial charge < -0.3 is 0 Å². The summed E-state index contributed by atoms with van der Waals surface area (Å²) in [5, 5.41) is 4.35.